The maximum Gasteiger partial charge on any atom is 0.230 e. The molecule has 1 fully saturated rings. The Bertz CT molecular complexity index is 886. The normalized spacial score (nSPS) is 14.3. The zero-order valence-electron chi connectivity index (χ0n) is 17.0. The predicted molar refractivity (Wildman–Crippen MR) is 118 cm³/mol. The van der Waals surface area contributed by atoms with Crippen molar-refractivity contribution in [3.05, 3.63) is 71.8 Å². The zero-order valence-corrected chi connectivity index (χ0v) is 17.8. The summed E-state index contributed by atoms with van der Waals surface area (Å²) in [5.41, 5.74) is 2.53. The smallest absolute Gasteiger partial charge is 0.230 e. The number of benzene rings is 2. The Labute approximate surface area is 181 Å². The number of tetrazole rings is 1. The van der Waals surface area contributed by atoms with E-state index in [9.17, 15) is 4.79 Å². The first-order valence-corrected chi connectivity index (χ1v) is 11.6. The minimum Gasteiger partial charge on any atom is -0.355 e. The third kappa shape index (κ3) is 5.27. The standard InChI is InChI=1S/C23H27N5OS/c29-22(17-30-23-25-26-27-28(23)20-13-7-8-14-20)24-16-15-21(18-9-3-1-4-10-18)19-11-5-2-6-12-19/h1-6,9-12,20-21H,7-8,13-17H2,(H,24,29). The molecule has 1 aliphatic carbocycles. The SMILES string of the molecule is O=C(CSc1nnnn1C1CCCC1)NCCC(c1ccccc1)c1ccccc1. The molecule has 0 atom stereocenters. The van der Waals surface area contributed by atoms with Crippen molar-refractivity contribution in [3.8, 4) is 0 Å². The minimum absolute atomic E-state index is 0.0147. The van der Waals surface area contributed by atoms with Crippen molar-refractivity contribution in [2.75, 3.05) is 12.3 Å². The monoisotopic (exact) mass is 421 g/mol. The molecule has 0 unspecified atom stereocenters. The summed E-state index contributed by atoms with van der Waals surface area (Å²) in [5, 5.41) is 15.9. The predicted octanol–water partition coefficient (Wildman–Crippen LogP) is 4.22. The van der Waals surface area contributed by atoms with E-state index in [2.05, 4.69) is 69.4 Å². The van der Waals surface area contributed by atoms with Crippen LogP contribution in [0.1, 0.15) is 55.2 Å². The molecule has 0 aliphatic heterocycles. The number of carbonyl (C=O) groups excluding carboxylic acids is 1. The molecule has 0 bridgehead atoms. The molecular weight excluding hydrogens is 394 g/mol. The Morgan fingerprint density at radius 2 is 1.67 bits per heavy atom. The molecule has 6 nitrogen and oxygen atoms in total. The minimum atomic E-state index is 0.0147. The number of rotatable bonds is 9. The van der Waals surface area contributed by atoms with E-state index in [0.29, 0.717) is 18.3 Å². The Balaban J connectivity index is 1.29. The van der Waals surface area contributed by atoms with Crippen molar-refractivity contribution in [1.29, 1.82) is 0 Å². The fourth-order valence-corrected chi connectivity index (χ4v) is 4.87. The van der Waals surface area contributed by atoms with Gasteiger partial charge in [-0.3, -0.25) is 4.79 Å². The summed E-state index contributed by atoms with van der Waals surface area (Å²) >= 11 is 1.42. The molecule has 0 radical (unpaired) electrons. The summed E-state index contributed by atoms with van der Waals surface area (Å²) in [6.07, 6.45) is 5.53. The van der Waals surface area contributed by atoms with Crippen LogP contribution in [0, 0.1) is 0 Å². The largest absolute Gasteiger partial charge is 0.355 e. The highest BCUT2D eigenvalue weighted by Gasteiger charge is 2.22. The van der Waals surface area contributed by atoms with Crippen LogP contribution in [0.2, 0.25) is 0 Å². The van der Waals surface area contributed by atoms with Crippen molar-refractivity contribution >= 4 is 17.7 Å². The van der Waals surface area contributed by atoms with Crippen LogP contribution >= 0.6 is 11.8 Å². The van der Waals surface area contributed by atoms with Crippen molar-refractivity contribution < 1.29 is 4.79 Å². The lowest BCUT2D eigenvalue weighted by molar-refractivity contribution is -0.118. The lowest BCUT2D eigenvalue weighted by Gasteiger charge is -2.18. The Hall–Kier alpha value is -2.67. The fourth-order valence-electron chi connectivity index (χ4n) is 4.09. The van der Waals surface area contributed by atoms with E-state index < -0.39 is 0 Å². The first-order chi connectivity index (χ1) is 14.8. The van der Waals surface area contributed by atoms with Crippen LogP contribution in [0.3, 0.4) is 0 Å². The van der Waals surface area contributed by atoms with Crippen LogP contribution in [-0.2, 0) is 4.79 Å². The summed E-state index contributed by atoms with van der Waals surface area (Å²) in [5.74, 6) is 0.602. The van der Waals surface area contributed by atoms with Gasteiger partial charge in [-0.2, -0.15) is 0 Å². The van der Waals surface area contributed by atoms with Crippen LogP contribution in [0.4, 0.5) is 0 Å². The van der Waals surface area contributed by atoms with Gasteiger partial charge in [0.1, 0.15) is 0 Å². The second kappa shape index (κ2) is 10.4. The molecule has 1 saturated carbocycles. The van der Waals surface area contributed by atoms with Gasteiger partial charge in [0.25, 0.3) is 0 Å². The van der Waals surface area contributed by atoms with E-state index in [1.54, 1.807) is 0 Å². The number of nitrogens with zero attached hydrogens (tertiary/aromatic N) is 4. The summed E-state index contributed by atoms with van der Waals surface area (Å²) in [6, 6.07) is 21.3. The average Bonchev–Trinajstić information content (AvgIpc) is 3.48. The molecule has 156 valence electrons. The van der Waals surface area contributed by atoms with Crippen LogP contribution < -0.4 is 5.32 Å². The van der Waals surface area contributed by atoms with Gasteiger partial charge in [0.05, 0.1) is 11.8 Å². The molecule has 1 heterocycles. The number of nitrogens with one attached hydrogen (secondary N) is 1. The van der Waals surface area contributed by atoms with E-state index >= 15 is 0 Å². The molecule has 1 amide bonds. The summed E-state index contributed by atoms with van der Waals surface area (Å²) < 4.78 is 1.89. The Morgan fingerprint density at radius 1 is 1.03 bits per heavy atom. The highest BCUT2D eigenvalue weighted by atomic mass is 32.2. The summed E-state index contributed by atoms with van der Waals surface area (Å²) in [7, 11) is 0. The number of aromatic nitrogens is 4. The van der Waals surface area contributed by atoms with E-state index in [0.717, 1.165) is 24.4 Å². The second-order valence-electron chi connectivity index (χ2n) is 7.65. The molecule has 1 N–H and O–H groups in total. The summed E-state index contributed by atoms with van der Waals surface area (Å²) in [6.45, 7) is 0.626. The van der Waals surface area contributed by atoms with Gasteiger partial charge < -0.3 is 5.32 Å². The Kier molecular flexibility index (Phi) is 7.13. The molecule has 2 aromatic carbocycles. The van der Waals surface area contributed by atoms with Crippen LogP contribution in [0.5, 0.6) is 0 Å². The molecule has 3 aromatic rings. The van der Waals surface area contributed by atoms with Crippen molar-refractivity contribution in [1.82, 2.24) is 25.5 Å². The second-order valence-corrected chi connectivity index (χ2v) is 8.59. The third-order valence-electron chi connectivity index (χ3n) is 5.62. The highest BCUT2D eigenvalue weighted by molar-refractivity contribution is 7.99. The number of carbonyl (C=O) groups is 1. The van der Waals surface area contributed by atoms with Gasteiger partial charge in [-0.05, 0) is 40.8 Å². The van der Waals surface area contributed by atoms with Crippen LogP contribution in [-0.4, -0.2) is 38.4 Å². The van der Waals surface area contributed by atoms with Crippen LogP contribution in [0.15, 0.2) is 65.8 Å². The fraction of sp³-hybridized carbons (Fsp3) is 0.391. The molecule has 1 aromatic heterocycles. The van der Waals surface area contributed by atoms with Gasteiger partial charge in [-0.1, -0.05) is 85.3 Å². The Morgan fingerprint density at radius 3 is 2.30 bits per heavy atom. The zero-order chi connectivity index (χ0) is 20.6. The lowest BCUT2D eigenvalue weighted by Crippen LogP contribution is -2.27. The number of hydrogen-bond donors (Lipinski definition) is 1. The first kappa shape index (κ1) is 20.6. The van der Waals surface area contributed by atoms with E-state index in [4.69, 9.17) is 0 Å². The van der Waals surface area contributed by atoms with E-state index in [1.165, 1.54) is 35.7 Å². The van der Waals surface area contributed by atoms with Gasteiger partial charge in [0.2, 0.25) is 11.1 Å². The molecule has 4 rings (SSSR count). The van der Waals surface area contributed by atoms with Gasteiger partial charge in [0, 0.05) is 12.5 Å². The quantitative estimate of drug-likeness (QED) is 0.524. The molecular formula is C23H27N5OS. The van der Waals surface area contributed by atoms with Gasteiger partial charge in [0.15, 0.2) is 0 Å². The lowest BCUT2D eigenvalue weighted by atomic mass is 9.88. The highest BCUT2D eigenvalue weighted by Crippen LogP contribution is 2.31. The van der Waals surface area contributed by atoms with E-state index in [-0.39, 0.29) is 11.8 Å². The molecule has 30 heavy (non-hydrogen) atoms. The number of amides is 1. The molecule has 7 heteroatoms. The third-order valence-corrected chi connectivity index (χ3v) is 6.56. The van der Waals surface area contributed by atoms with Crippen molar-refractivity contribution in [2.24, 2.45) is 0 Å². The van der Waals surface area contributed by atoms with Gasteiger partial charge >= 0.3 is 0 Å². The number of hydrogen-bond acceptors (Lipinski definition) is 5. The molecule has 0 saturated heterocycles. The molecule has 0 spiro atoms. The first-order valence-electron chi connectivity index (χ1n) is 10.6. The number of thioether (sulfide) groups is 1. The topological polar surface area (TPSA) is 72.7 Å². The van der Waals surface area contributed by atoms with Crippen molar-refractivity contribution in [3.63, 3.8) is 0 Å². The average molecular weight is 422 g/mol. The van der Waals surface area contributed by atoms with Gasteiger partial charge in [-0.25, -0.2) is 4.68 Å². The molecule has 1 aliphatic rings. The maximum absolute atomic E-state index is 12.4. The van der Waals surface area contributed by atoms with Gasteiger partial charge in [-0.15, -0.1) is 5.10 Å². The van der Waals surface area contributed by atoms with Crippen LogP contribution in [0.25, 0.3) is 0 Å². The summed E-state index contributed by atoms with van der Waals surface area (Å²) in [4.78, 5) is 12.4. The maximum atomic E-state index is 12.4. The van der Waals surface area contributed by atoms with E-state index in [1.807, 2.05) is 16.8 Å². The van der Waals surface area contributed by atoms with Crippen molar-refractivity contribution in [2.45, 2.75) is 49.2 Å².